The van der Waals surface area contributed by atoms with E-state index in [4.69, 9.17) is 5.73 Å². The second kappa shape index (κ2) is 4.97. The Balaban J connectivity index is 1.99. The van der Waals surface area contributed by atoms with Crippen LogP contribution in [0.4, 0.5) is 5.00 Å². The standard InChI is InChI=1S/C12H20N2S/c1-2-11-14-10(12(13)15-11)8-9-6-4-3-5-7-9/h9H,2-8,13H2,1H3. The quantitative estimate of drug-likeness (QED) is 0.854. The third kappa shape index (κ3) is 2.71. The molecule has 2 nitrogen and oxygen atoms in total. The number of hydrogen-bond acceptors (Lipinski definition) is 3. The molecule has 0 bridgehead atoms. The van der Waals surface area contributed by atoms with E-state index >= 15 is 0 Å². The van der Waals surface area contributed by atoms with E-state index in [9.17, 15) is 0 Å². The topological polar surface area (TPSA) is 38.9 Å². The van der Waals surface area contributed by atoms with Gasteiger partial charge >= 0.3 is 0 Å². The summed E-state index contributed by atoms with van der Waals surface area (Å²) < 4.78 is 0. The molecule has 0 aliphatic heterocycles. The summed E-state index contributed by atoms with van der Waals surface area (Å²) in [6.45, 7) is 2.14. The van der Waals surface area contributed by atoms with Crippen LogP contribution in [0.1, 0.15) is 49.7 Å². The van der Waals surface area contributed by atoms with Gasteiger partial charge in [0.05, 0.1) is 10.7 Å². The molecule has 84 valence electrons. The Morgan fingerprint density at radius 3 is 2.67 bits per heavy atom. The molecule has 1 heterocycles. The molecule has 0 spiro atoms. The molecule has 0 unspecified atom stereocenters. The second-order valence-corrected chi connectivity index (χ2v) is 5.60. The Morgan fingerprint density at radius 2 is 2.07 bits per heavy atom. The third-order valence-electron chi connectivity index (χ3n) is 3.28. The average Bonchev–Trinajstić information content (AvgIpc) is 2.61. The summed E-state index contributed by atoms with van der Waals surface area (Å²) in [5.74, 6) is 0.841. The van der Waals surface area contributed by atoms with Gasteiger partial charge in [-0.05, 0) is 18.8 Å². The Morgan fingerprint density at radius 1 is 1.33 bits per heavy atom. The van der Waals surface area contributed by atoms with Crippen molar-refractivity contribution >= 4 is 16.3 Å². The third-order valence-corrected chi connectivity index (χ3v) is 4.35. The zero-order chi connectivity index (χ0) is 10.7. The van der Waals surface area contributed by atoms with Gasteiger partial charge in [0, 0.05) is 0 Å². The highest BCUT2D eigenvalue weighted by Crippen LogP contribution is 2.30. The fraction of sp³-hybridized carbons (Fsp3) is 0.750. The second-order valence-electron chi connectivity index (χ2n) is 4.48. The minimum Gasteiger partial charge on any atom is -0.389 e. The Kier molecular flexibility index (Phi) is 3.62. The van der Waals surface area contributed by atoms with Crippen LogP contribution in [0, 0.1) is 5.92 Å². The Bertz CT molecular complexity index is 313. The van der Waals surface area contributed by atoms with E-state index in [-0.39, 0.29) is 0 Å². The van der Waals surface area contributed by atoms with E-state index in [0.29, 0.717) is 0 Å². The van der Waals surface area contributed by atoms with Crippen molar-refractivity contribution in [2.75, 3.05) is 5.73 Å². The molecule has 0 amide bonds. The molecule has 0 aromatic carbocycles. The molecule has 15 heavy (non-hydrogen) atoms. The van der Waals surface area contributed by atoms with Gasteiger partial charge in [-0.2, -0.15) is 0 Å². The molecule has 1 aromatic rings. The molecule has 0 saturated heterocycles. The number of nitrogens with zero attached hydrogens (tertiary/aromatic N) is 1. The molecule has 1 aliphatic rings. The summed E-state index contributed by atoms with van der Waals surface area (Å²) in [5.41, 5.74) is 7.16. The van der Waals surface area contributed by atoms with Crippen molar-refractivity contribution in [3.05, 3.63) is 10.7 Å². The minimum atomic E-state index is 0.841. The van der Waals surface area contributed by atoms with Crippen LogP contribution in [0.15, 0.2) is 0 Å². The van der Waals surface area contributed by atoms with E-state index in [2.05, 4.69) is 11.9 Å². The van der Waals surface area contributed by atoms with Gasteiger partial charge in [-0.15, -0.1) is 11.3 Å². The smallest absolute Gasteiger partial charge is 0.109 e. The van der Waals surface area contributed by atoms with Crippen LogP contribution in [-0.2, 0) is 12.8 Å². The maximum absolute atomic E-state index is 5.99. The van der Waals surface area contributed by atoms with Gasteiger partial charge in [-0.25, -0.2) is 4.98 Å². The minimum absolute atomic E-state index is 0.841. The monoisotopic (exact) mass is 224 g/mol. The van der Waals surface area contributed by atoms with Gasteiger partial charge in [-0.1, -0.05) is 39.0 Å². The first-order valence-electron chi connectivity index (χ1n) is 6.03. The van der Waals surface area contributed by atoms with E-state index in [1.165, 1.54) is 42.8 Å². The summed E-state index contributed by atoms with van der Waals surface area (Å²) in [5, 5.41) is 2.15. The van der Waals surface area contributed by atoms with Crippen molar-refractivity contribution in [2.45, 2.75) is 51.9 Å². The van der Waals surface area contributed by atoms with Gasteiger partial charge in [-0.3, -0.25) is 0 Å². The van der Waals surface area contributed by atoms with E-state index in [1.54, 1.807) is 11.3 Å². The zero-order valence-electron chi connectivity index (χ0n) is 9.46. The average molecular weight is 224 g/mol. The first-order chi connectivity index (χ1) is 7.29. The normalized spacial score (nSPS) is 18.2. The van der Waals surface area contributed by atoms with Gasteiger partial charge in [0.15, 0.2) is 0 Å². The van der Waals surface area contributed by atoms with Gasteiger partial charge in [0.25, 0.3) is 0 Å². The van der Waals surface area contributed by atoms with E-state index in [0.717, 1.165) is 23.8 Å². The lowest BCUT2D eigenvalue weighted by atomic mass is 9.86. The van der Waals surface area contributed by atoms with Crippen LogP contribution in [0.2, 0.25) is 0 Å². The summed E-state index contributed by atoms with van der Waals surface area (Å²) in [7, 11) is 0. The predicted molar refractivity (Wildman–Crippen MR) is 66.2 cm³/mol. The molecule has 1 fully saturated rings. The lowest BCUT2D eigenvalue weighted by molar-refractivity contribution is 0.355. The number of anilines is 1. The Hall–Kier alpha value is -0.570. The fourth-order valence-corrected chi connectivity index (χ4v) is 3.18. The summed E-state index contributed by atoms with van der Waals surface area (Å²) >= 11 is 1.67. The Labute approximate surface area is 95.9 Å². The molecule has 2 rings (SSSR count). The van der Waals surface area contributed by atoms with Crippen LogP contribution < -0.4 is 5.73 Å². The van der Waals surface area contributed by atoms with Crippen molar-refractivity contribution in [3.8, 4) is 0 Å². The van der Waals surface area contributed by atoms with Gasteiger partial charge in [0.1, 0.15) is 5.00 Å². The van der Waals surface area contributed by atoms with E-state index in [1.807, 2.05) is 0 Å². The molecular weight excluding hydrogens is 204 g/mol. The largest absolute Gasteiger partial charge is 0.389 e. The first-order valence-corrected chi connectivity index (χ1v) is 6.85. The lowest BCUT2D eigenvalue weighted by Crippen LogP contribution is -2.10. The summed E-state index contributed by atoms with van der Waals surface area (Å²) in [6, 6.07) is 0. The highest BCUT2D eigenvalue weighted by molar-refractivity contribution is 7.15. The van der Waals surface area contributed by atoms with Crippen LogP contribution in [0.5, 0.6) is 0 Å². The molecule has 1 aromatic heterocycles. The number of nitrogen functional groups attached to an aromatic ring is 1. The molecular formula is C12H20N2S. The molecule has 0 radical (unpaired) electrons. The number of rotatable bonds is 3. The SMILES string of the molecule is CCc1nc(CC2CCCCC2)c(N)s1. The maximum Gasteiger partial charge on any atom is 0.109 e. The summed E-state index contributed by atoms with van der Waals surface area (Å²) in [4.78, 5) is 4.62. The fourth-order valence-electron chi connectivity index (χ4n) is 2.38. The van der Waals surface area contributed by atoms with Crippen molar-refractivity contribution in [1.29, 1.82) is 0 Å². The first kappa shape index (κ1) is 10.9. The van der Waals surface area contributed by atoms with Crippen LogP contribution in [-0.4, -0.2) is 4.98 Å². The van der Waals surface area contributed by atoms with Crippen molar-refractivity contribution in [3.63, 3.8) is 0 Å². The molecule has 1 saturated carbocycles. The molecule has 1 aliphatic carbocycles. The maximum atomic E-state index is 5.99. The highest BCUT2D eigenvalue weighted by atomic mass is 32.1. The van der Waals surface area contributed by atoms with Crippen LogP contribution in [0.3, 0.4) is 0 Å². The number of nitrogens with two attached hydrogens (primary N) is 1. The van der Waals surface area contributed by atoms with Crippen molar-refractivity contribution in [1.82, 2.24) is 4.98 Å². The van der Waals surface area contributed by atoms with E-state index < -0.39 is 0 Å². The summed E-state index contributed by atoms with van der Waals surface area (Å²) in [6.07, 6.45) is 9.09. The number of hydrogen-bond donors (Lipinski definition) is 1. The highest BCUT2D eigenvalue weighted by Gasteiger charge is 2.17. The number of thiazole rings is 1. The predicted octanol–water partition coefficient (Wildman–Crippen LogP) is 3.41. The van der Waals surface area contributed by atoms with Crippen LogP contribution >= 0.6 is 11.3 Å². The number of aromatic nitrogens is 1. The zero-order valence-corrected chi connectivity index (χ0v) is 10.3. The van der Waals surface area contributed by atoms with Crippen LogP contribution in [0.25, 0.3) is 0 Å². The molecule has 0 atom stereocenters. The molecule has 2 N–H and O–H groups in total. The lowest BCUT2D eigenvalue weighted by Gasteiger charge is -2.20. The molecule has 3 heteroatoms. The van der Waals surface area contributed by atoms with Crippen molar-refractivity contribution < 1.29 is 0 Å². The van der Waals surface area contributed by atoms with Crippen molar-refractivity contribution in [2.24, 2.45) is 5.92 Å². The number of aryl methyl sites for hydroxylation is 1. The van der Waals surface area contributed by atoms with Gasteiger partial charge in [0.2, 0.25) is 0 Å². The van der Waals surface area contributed by atoms with Gasteiger partial charge < -0.3 is 5.73 Å².